The molecule has 1 aromatic heterocycles. The third-order valence-corrected chi connectivity index (χ3v) is 2.11. The summed E-state index contributed by atoms with van der Waals surface area (Å²) in [4.78, 5) is 11.3. The first-order valence-electron chi connectivity index (χ1n) is 5.24. The van der Waals surface area contributed by atoms with Crippen molar-refractivity contribution >= 4 is 5.97 Å². The predicted molar refractivity (Wildman–Crippen MR) is 57.7 cm³/mol. The smallest absolute Gasteiger partial charge is 0.327 e. The summed E-state index contributed by atoms with van der Waals surface area (Å²) in [7, 11) is 0. The van der Waals surface area contributed by atoms with E-state index < -0.39 is 0 Å². The molecule has 0 N–H and O–H groups in total. The second-order valence-electron chi connectivity index (χ2n) is 3.83. The van der Waals surface area contributed by atoms with E-state index in [0.29, 0.717) is 12.5 Å². The highest BCUT2D eigenvalue weighted by atomic mass is 16.5. The van der Waals surface area contributed by atoms with Crippen molar-refractivity contribution in [3.8, 4) is 0 Å². The monoisotopic (exact) mass is 210 g/mol. The standard InChI is InChI=1S/C11H18N2O2/c1-5-15-11(14)7-13-10(8(2)3)6-9(4)12-13/h6,8H,5,7H2,1-4H3. The Kier molecular flexibility index (Phi) is 3.88. The number of aryl methyl sites for hydroxylation is 1. The molecule has 0 saturated heterocycles. The van der Waals surface area contributed by atoms with Gasteiger partial charge in [0, 0.05) is 5.69 Å². The topological polar surface area (TPSA) is 44.1 Å². The Morgan fingerprint density at radius 1 is 1.60 bits per heavy atom. The van der Waals surface area contributed by atoms with Gasteiger partial charge in [0.25, 0.3) is 0 Å². The summed E-state index contributed by atoms with van der Waals surface area (Å²) in [6.07, 6.45) is 0. The average molecular weight is 210 g/mol. The van der Waals surface area contributed by atoms with E-state index in [1.165, 1.54) is 0 Å². The van der Waals surface area contributed by atoms with Crippen LogP contribution in [-0.4, -0.2) is 22.4 Å². The van der Waals surface area contributed by atoms with Crippen LogP contribution in [0.15, 0.2) is 6.07 Å². The van der Waals surface area contributed by atoms with Crippen molar-refractivity contribution in [2.75, 3.05) is 6.61 Å². The normalized spacial score (nSPS) is 10.7. The Morgan fingerprint density at radius 2 is 2.27 bits per heavy atom. The molecule has 0 saturated carbocycles. The van der Waals surface area contributed by atoms with Crippen molar-refractivity contribution in [1.29, 1.82) is 0 Å². The molecule has 0 aliphatic carbocycles. The van der Waals surface area contributed by atoms with E-state index in [1.807, 2.05) is 13.0 Å². The molecule has 1 rings (SSSR count). The lowest BCUT2D eigenvalue weighted by molar-refractivity contribution is -0.144. The Bertz CT molecular complexity index is 342. The molecule has 0 spiro atoms. The lowest BCUT2D eigenvalue weighted by atomic mass is 10.1. The van der Waals surface area contributed by atoms with E-state index in [-0.39, 0.29) is 12.5 Å². The van der Waals surface area contributed by atoms with Gasteiger partial charge in [-0.05, 0) is 25.8 Å². The molecule has 0 amide bonds. The molecule has 0 atom stereocenters. The van der Waals surface area contributed by atoms with Crippen molar-refractivity contribution in [1.82, 2.24) is 9.78 Å². The zero-order chi connectivity index (χ0) is 11.4. The van der Waals surface area contributed by atoms with Crippen LogP contribution in [0.4, 0.5) is 0 Å². The quantitative estimate of drug-likeness (QED) is 0.713. The molecule has 0 fully saturated rings. The molecule has 0 bridgehead atoms. The van der Waals surface area contributed by atoms with Crippen LogP contribution in [-0.2, 0) is 16.1 Å². The minimum atomic E-state index is -0.234. The Labute approximate surface area is 90.2 Å². The van der Waals surface area contributed by atoms with Gasteiger partial charge < -0.3 is 4.74 Å². The van der Waals surface area contributed by atoms with Crippen LogP contribution in [0.5, 0.6) is 0 Å². The van der Waals surface area contributed by atoms with Gasteiger partial charge in [-0.15, -0.1) is 0 Å². The van der Waals surface area contributed by atoms with Crippen LogP contribution in [0.3, 0.4) is 0 Å². The lowest BCUT2D eigenvalue weighted by Gasteiger charge is -2.09. The molecular formula is C11H18N2O2. The number of hydrogen-bond donors (Lipinski definition) is 0. The fourth-order valence-corrected chi connectivity index (χ4v) is 1.49. The van der Waals surface area contributed by atoms with E-state index >= 15 is 0 Å². The first-order chi connectivity index (χ1) is 7.04. The SMILES string of the molecule is CCOC(=O)Cn1nc(C)cc1C(C)C. The van der Waals surface area contributed by atoms with E-state index in [4.69, 9.17) is 4.74 Å². The Hall–Kier alpha value is -1.32. The number of carbonyl (C=O) groups is 1. The molecule has 15 heavy (non-hydrogen) atoms. The van der Waals surface area contributed by atoms with E-state index in [1.54, 1.807) is 11.6 Å². The van der Waals surface area contributed by atoms with Crippen molar-refractivity contribution < 1.29 is 9.53 Å². The summed E-state index contributed by atoms with van der Waals surface area (Å²) in [6, 6.07) is 2.00. The maximum atomic E-state index is 11.3. The number of nitrogens with zero attached hydrogens (tertiary/aromatic N) is 2. The zero-order valence-electron chi connectivity index (χ0n) is 9.78. The molecule has 0 unspecified atom stereocenters. The van der Waals surface area contributed by atoms with Crippen LogP contribution < -0.4 is 0 Å². The molecule has 1 aromatic rings. The lowest BCUT2D eigenvalue weighted by Crippen LogP contribution is -2.17. The molecule has 0 radical (unpaired) electrons. The van der Waals surface area contributed by atoms with Gasteiger partial charge in [-0.25, -0.2) is 0 Å². The highest BCUT2D eigenvalue weighted by molar-refractivity contribution is 5.69. The van der Waals surface area contributed by atoms with E-state index in [9.17, 15) is 4.79 Å². The Balaban J connectivity index is 2.79. The van der Waals surface area contributed by atoms with Crippen LogP contribution in [0.2, 0.25) is 0 Å². The van der Waals surface area contributed by atoms with E-state index in [0.717, 1.165) is 11.4 Å². The summed E-state index contributed by atoms with van der Waals surface area (Å²) in [5, 5.41) is 4.27. The van der Waals surface area contributed by atoms with Crippen molar-refractivity contribution in [3.05, 3.63) is 17.5 Å². The number of ether oxygens (including phenoxy) is 1. The molecule has 4 heteroatoms. The van der Waals surface area contributed by atoms with Gasteiger partial charge in [0.2, 0.25) is 0 Å². The fraction of sp³-hybridized carbons (Fsp3) is 0.636. The molecule has 84 valence electrons. The predicted octanol–water partition coefficient (Wildman–Crippen LogP) is 1.88. The third kappa shape index (κ3) is 3.08. The summed E-state index contributed by atoms with van der Waals surface area (Å²) < 4.78 is 6.61. The Morgan fingerprint density at radius 3 is 2.80 bits per heavy atom. The number of esters is 1. The first kappa shape index (κ1) is 11.8. The summed E-state index contributed by atoms with van der Waals surface area (Å²) >= 11 is 0. The fourth-order valence-electron chi connectivity index (χ4n) is 1.49. The van der Waals surface area contributed by atoms with Crippen LogP contribution in [0.25, 0.3) is 0 Å². The highest BCUT2D eigenvalue weighted by Crippen LogP contribution is 2.15. The summed E-state index contributed by atoms with van der Waals surface area (Å²) in [5.41, 5.74) is 2.00. The zero-order valence-corrected chi connectivity index (χ0v) is 9.78. The van der Waals surface area contributed by atoms with Gasteiger partial charge in [0.1, 0.15) is 6.54 Å². The third-order valence-electron chi connectivity index (χ3n) is 2.11. The second kappa shape index (κ2) is 4.96. The molecule has 0 aliphatic rings. The summed E-state index contributed by atoms with van der Waals surface area (Å²) in [5.74, 6) is 0.128. The maximum Gasteiger partial charge on any atom is 0.327 e. The number of carbonyl (C=O) groups excluding carboxylic acids is 1. The first-order valence-corrected chi connectivity index (χ1v) is 5.24. The second-order valence-corrected chi connectivity index (χ2v) is 3.83. The summed E-state index contributed by atoms with van der Waals surface area (Å²) in [6.45, 7) is 8.50. The van der Waals surface area contributed by atoms with Gasteiger partial charge >= 0.3 is 5.97 Å². The minimum absolute atomic E-state index is 0.204. The molecule has 0 aromatic carbocycles. The van der Waals surface area contributed by atoms with Gasteiger partial charge in [-0.1, -0.05) is 13.8 Å². The average Bonchev–Trinajstić information content (AvgIpc) is 2.47. The number of hydrogen-bond acceptors (Lipinski definition) is 3. The van der Waals surface area contributed by atoms with Gasteiger partial charge in [-0.2, -0.15) is 5.10 Å². The van der Waals surface area contributed by atoms with Crippen LogP contribution in [0, 0.1) is 6.92 Å². The maximum absolute atomic E-state index is 11.3. The van der Waals surface area contributed by atoms with Crippen LogP contribution >= 0.6 is 0 Å². The number of aromatic nitrogens is 2. The van der Waals surface area contributed by atoms with Gasteiger partial charge in [0.15, 0.2) is 0 Å². The largest absolute Gasteiger partial charge is 0.465 e. The van der Waals surface area contributed by atoms with Crippen molar-refractivity contribution in [3.63, 3.8) is 0 Å². The molecule has 1 heterocycles. The molecule has 4 nitrogen and oxygen atoms in total. The molecular weight excluding hydrogens is 192 g/mol. The van der Waals surface area contributed by atoms with Crippen molar-refractivity contribution in [2.45, 2.75) is 40.2 Å². The molecule has 0 aliphatic heterocycles. The number of rotatable bonds is 4. The van der Waals surface area contributed by atoms with Gasteiger partial charge in [0.05, 0.1) is 12.3 Å². The highest BCUT2D eigenvalue weighted by Gasteiger charge is 2.12. The van der Waals surface area contributed by atoms with Gasteiger partial charge in [-0.3, -0.25) is 9.48 Å². The van der Waals surface area contributed by atoms with Crippen LogP contribution in [0.1, 0.15) is 38.1 Å². The minimum Gasteiger partial charge on any atom is -0.465 e. The van der Waals surface area contributed by atoms with E-state index in [2.05, 4.69) is 18.9 Å². The van der Waals surface area contributed by atoms with Crippen molar-refractivity contribution in [2.24, 2.45) is 0 Å².